The molecule has 0 aliphatic carbocycles. The fraction of sp³-hybridized carbons (Fsp3) is 0.0870. The third-order valence-corrected chi connectivity index (χ3v) is 5.03. The molecule has 9 heteroatoms. The van der Waals surface area contributed by atoms with Crippen LogP contribution in [-0.2, 0) is 6.18 Å². The number of benzene rings is 3. The van der Waals surface area contributed by atoms with Crippen LogP contribution in [0.15, 0.2) is 60.8 Å². The van der Waals surface area contributed by atoms with E-state index in [2.05, 4.69) is 15.3 Å². The lowest BCUT2D eigenvalue weighted by Gasteiger charge is -2.14. The lowest BCUT2D eigenvalue weighted by Crippen LogP contribution is -2.16. The van der Waals surface area contributed by atoms with Crippen molar-refractivity contribution < 1.29 is 22.4 Å². The first-order valence-corrected chi connectivity index (χ1v) is 9.44. The van der Waals surface area contributed by atoms with Crippen molar-refractivity contribution in [3.8, 4) is 11.1 Å². The first kappa shape index (κ1) is 21.2. The van der Waals surface area contributed by atoms with Crippen LogP contribution in [0.5, 0.6) is 0 Å². The molecule has 5 nitrogen and oxygen atoms in total. The van der Waals surface area contributed by atoms with E-state index in [0.29, 0.717) is 35.0 Å². The normalized spacial score (nSPS) is 11.5. The molecule has 0 aliphatic heterocycles. The van der Waals surface area contributed by atoms with Crippen LogP contribution in [0.1, 0.15) is 21.5 Å². The molecule has 0 saturated heterocycles. The van der Waals surface area contributed by atoms with Gasteiger partial charge in [-0.1, -0.05) is 18.2 Å². The first-order chi connectivity index (χ1) is 15.1. The van der Waals surface area contributed by atoms with Gasteiger partial charge in [0.1, 0.15) is 5.82 Å². The molecule has 1 heterocycles. The minimum atomic E-state index is -4.69. The minimum Gasteiger partial charge on any atom is -0.368 e. The largest absolute Gasteiger partial charge is 0.416 e. The van der Waals surface area contributed by atoms with E-state index in [9.17, 15) is 22.4 Å². The SMILES string of the molecule is Cc1c(NC(=O)c2cc(C(F)(F)F)ccc2F)cccc1-c1ccc2nc(N)ncc2c1. The van der Waals surface area contributed by atoms with Crippen molar-refractivity contribution in [3.63, 3.8) is 0 Å². The van der Waals surface area contributed by atoms with Crippen molar-refractivity contribution in [1.29, 1.82) is 0 Å². The zero-order chi connectivity index (χ0) is 23.0. The number of hydrogen-bond donors (Lipinski definition) is 2. The Morgan fingerprint density at radius 2 is 1.84 bits per heavy atom. The van der Waals surface area contributed by atoms with Crippen molar-refractivity contribution in [2.75, 3.05) is 11.1 Å². The van der Waals surface area contributed by atoms with Crippen molar-refractivity contribution in [2.45, 2.75) is 13.1 Å². The number of amides is 1. The first-order valence-electron chi connectivity index (χ1n) is 9.44. The van der Waals surface area contributed by atoms with Gasteiger partial charge in [-0.3, -0.25) is 4.79 Å². The van der Waals surface area contributed by atoms with Gasteiger partial charge in [-0.2, -0.15) is 13.2 Å². The molecule has 162 valence electrons. The number of alkyl halides is 3. The molecule has 32 heavy (non-hydrogen) atoms. The number of aromatic nitrogens is 2. The summed E-state index contributed by atoms with van der Waals surface area (Å²) in [5.41, 5.74) is 7.06. The van der Waals surface area contributed by atoms with Crippen LogP contribution < -0.4 is 11.1 Å². The summed E-state index contributed by atoms with van der Waals surface area (Å²) in [7, 11) is 0. The van der Waals surface area contributed by atoms with Gasteiger partial charge in [0.15, 0.2) is 0 Å². The second kappa shape index (κ2) is 7.92. The number of hydrogen-bond acceptors (Lipinski definition) is 4. The van der Waals surface area contributed by atoms with E-state index in [1.165, 1.54) is 0 Å². The van der Waals surface area contributed by atoms with Crippen LogP contribution >= 0.6 is 0 Å². The summed E-state index contributed by atoms with van der Waals surface area (Å²) in [5.74, 6) is -1.86. The fourth-order valence-corrected chi connectivity index (χ4v) is 3.36. The minimum absolute atomic E-state index is 0.160. The van der Waals surface area contributed by atoms with E-state index < -0.39 is 29.0 Å². The lowest BCUT2D eigenvalue weighted by atomic mass is 9.98. The highest BCUT2D eigenvalue weighted by atomic mass is 19.4. The van der Waals surface area contributed by atoms with E-state index in [4.69, 9.17) is 5.73 Å². The second-order valence-corrected chi connectivity index (χ2v) is 7.13. The molecule has 0 atom stereocenters. The number of fused-ring (bicyclic) bond motifs is 1. The molecule has 0 bridgehead atoms. The Bertz CT molecular complexity index is 1350. The quantitative estimate of drug-likeness (QED) is 0.407. The third-order valence-electron chi connectivity index (χ3n) is 5.03. The smallest absolute Gasteiger partial charge is 0.368 e. The summed E-state index contributed by atoms with van der Waals surface area (Å²) in [6.45, 7) is 1.75. The molecule has 3 N–H and O–H groups in total. The average Bonchev–Trinajstić information content (AvgIpc) is 2.74. The number of carbonyl (C=O) groups excluding carboxylic acids is 1. The molecule has 0 aliphatic rings. The summed E-state index contributed by atoms with van der Waals surface area (Å²) in [5, 5.41) is 3.27. The van der Waals surface area contributed by atoms with Crippen LogP contribution in [0.3, 0.4) is 0 Å². The maximum Gasteiger partial charge on any atom is 0.416 e. The number of nitrogens with one attached hydrogen (secondary N) is 1. The molecule has 0 saturated carbocycles. The maximum absolute atomic E-state index is 14.1. The predicted molar refractivity (Wildman–Crippen MR) is 113 cm³/mol. The van der Waals surface area contributed by atoms with E-state index in [1.807, 2.05) is 18.2 Å². The van der Waals surface area contributed by atoms with E-state index in [0.717, 1.165) is 16.5 Å². The Labute approximate surface area is 179 Å². The highest BCUT2D eigenvalue weighted by Gasteiger charge is 2.32. The van der Waals surface area contributed by atoms with Gasteiger partial charge < -0.3 is 11.1 Å². The number of nitrogens with zero attached hydrogens (tertiary/aromatic N) is 2. The van der Waals surface area contributed by atoms with Crippen LogP contribution in [0.25, 0.3) is 22.0 Å². The van der Waals surface area contributed by atoms with E-state index >= 15 is 0 Å². The molecule has 0 unspecified atom stereocenters. The molecule has 0 fully saturated rings. The molecular weight excluding hydrogens is 424 g/mol. The average molecular weight is 440 g/mol. The van der Waals surface area contributed by atoms with Gasteiger partial charge in [-0.25, -0.2) is 14.4 Å². The second-order valence-electron chi connectivity index (χ2n) is 7.13. The number of anilines is 2. The van der Waals surface area contributed by atoms with Crippen LogP contribution in [-0.4, -0.2) is 15.9 Å². The molecule has 3 aromatic carbocycles. The van der Waals surface area contributed by atoms with Gasteiger partial charge in [0.2, 0.25) is 5.95 Å². The van der Waals surface area contributed by atoms with E-state index in [-0.39, 0.29) is 5.95 Å². The van der Waals surface area contributed by atoms with Crippen molar-refractivity contribution in [1.82, 2.24) is 9.97 Å². The molecular formula is C23H16F4N4O. The number of nitrogens with two attached hydrogens (primary N) is 1. The Kier molecular flexibility index (Phi) is 5.25. The van der Waals surface area contributed by atoms with Crippen molar-refractivity contribution >= 4 is 28.4 Å². The number of halogens is 4. The fourth-order valence-electron chi connectivity index (χ4n) is 3.36. The van der Waals surface area contributed by atoms with Gasteiger partial charge in [-0.15, -0.1) is 0 Å². The van der Waals surface area contributed by atoms with Crippen LogP contribution in [0.4, 0.5) is 29.2 Å². The summed E-state index contributed by atoms with van der Waals surface area (Å²) in [6, 6.07) is 12.3. The van der Waals surface area contributed by atoms with Gasteiger partial charge >= 0.3 is 6.18 Å². The summed E-state index contributed by atoms with van der Waals surface area (Å²) in [4.78, 5) is 20.7. The van der Waals surface area contributed by atoms with Crippen molar-refractivity contribution in [3.05, 3.63) is 83.3 Å². The summed E-state index contributed by atoms with van der Waals surface area (Å²) < 4.78 is 53.0. The predicted octanol–water partition coefficient (Wildman–Crippen LogP) is 5.60. The van der Waals surface area contributed by atoms with Gasteiger partial charge in [-0.05, 0) is 60.0 Å². The highest BCUT2D eigenvalue weighted by Crippen LogP contribution is 2.32. The molecule has 0 spiro atoms. The zero-order valence-corrected chi connectivity index (χ0v) is 16.7. The van der Waals surface area contributed by atoms with E-state index in [1.54, 1.807) is 31.3 Å². The third kappa shape index (κ3) is 4.09. The van der Waals surface area contributed by atoms with Gasteiger partial charge in [0.25, 0.3) is 5.91 Å². The molecule has 4 aromatic rings. The molecule has 1 aromatic heterocycles. The summed E-state index contributed by atoms with van der Waals surface area (Å²) >= 11 is 0. The zero-order valence-electron chi connectivity index (χ0n) is 16.7. The molecule has 1 amide bonds. The monoisotopic (exact) mass is 440 g/mol. The summed E-state index contributed by atoms with van der Waals surface area (Å²) in [6.07, 6.45) is -3.10. The number of carbonyl (C=O) groups is 1. The van der Waals surface area contributed by atoms with Gasteiger partial charge in [0, 0.05) is 17.3 Å². The molecule has 4 rings (SSSR count). The Morgan fingerprint density at radius 1 is 1.06 bits per heavy atom. The molecule has 0 radical (unpaired) electrons. The van der Waals surface area contributed by atoms with Crippen molar-refractivity contribution in [2.24, 2.45) is 0 Å². The highest BCUT2D eigenvalue weighted by molar-refractivity contribution is 6.05. The Hall–Kier alpha value is -4.01. The number of nitrogen functional groups attached to an aromatic ring is 1. The lowest BCUT2D eigenvalue weighted by molar-refractivity contribution is -0.137. The topological polar surface area (TPSA) is 80.9 Å². The maximum atomic E-state index is 14.1. The Balaban J connectivity index is 1.68. The number of rotatable bonds is 3. The van der Waals surface area contributed by atoms with Crippen LogP contribution in [0.2, 0.25) is 0 Å². The van der Waals surface area contributed by atoms with Crippen LogP contribution in [0, 0.1) is 12.7 Å². The Morgan fingerprint density at radius 3 is 2.59 bits per heavy atom. The standard InChI is InChI=1S/C23H16F4N4O/c1-12-16(13-5-8-20-14(9-13)11-29-22(28)31-20)3-2-4-19(12)30-21(32)17-10-15(23(25,26)27)6-7-18(17)24/h2-11H,1H3,(H,30,32)(H2,28,29,31). The van der Waals surface area contributed by atoms with Gasteiger partial charge in [0.05, 0.1) is 16.6 Å².